The molecule has 0 aromatic rings. The Balaban J connectivity index is 2.09. The van der Waals surface area contributed by atoms with Crippen LogP contribution in [0.2, 0.25) is 0 Å². The molecule has 0 unspecified atom stereocenters. The van der Waals surface area contributed by atoms with E-state index in [2.05, 4.69) is 23.8 Å². The van der Waals surface area contributed by atoms with Gasteiger partial charge in [-0.05, 0) is 13.0 Å². The van der Waals surface area contributed by atoms with Crippen LogP contribution in [0.5, 0.6) is 0 Å². The van der Waals surface area contributed by atoms with E-state index in [1.165, 1.54) is 6.54 Å². The fourth-order valence-corrected chi connectivity index (χ4v) is 1.40. The Bertz CT molecular complexity index is 111. The average molecular weight is 172 g/mol. The normalized spacial score (nSPS) is 21.5. The van der Waals surface area contributed by atoms with Crippen molar-refractivity contribution >= 4 is 0 Å². The Kier molecular flexibility index (Phi) is 4.58. The van der Waals surface area contributed by atoms with Gasteiger partial charge in [0.2, 0.25) is 0 Å². The van der Waals surface area contributed by atoms with E-state index in [-0.39, 0.29) is 0 Å². The first-order chi connectivity index (χ1) is 5.86. The second kappa shape index (κ2) is 5.51. The first-order valence-corrected chi connectivity index (χ1v) is 4.97. The summed E-state index contributed by atoms with van der Waals surface area (Å²) in [4.78, 5) is 7.98. The van der Waals surface area contributed by atoms with Crippen molar-refractivity contribution in [3.8, 4) is 0 Å². The second-order valence-corrected chi connectivity index (χ2v) is 3.20. The van der Waals surface area contributed by atoms with Gasteiger partial charge < -0.3 is 4.90 Å². The highest BCUT2D eigenvalue weighted by Gasteiger charge is 2.14. The number of nitrogens with zero attached hydrogens (tertiary/aromatic N) is 2. The van der Waals surface area contributed by atoms with E-state index in [1.807, 2.05) is 0 Å². The van der Waals surface area contributed by atoms with E-state index in [1.54, 1.807) is 0 Å². The maximum atomic E-state index is 5.53. The van der Waals surface area contributed by atoms with Crippen LogP contribution in [0.15, 0.2) is 0 Å². The van der Waals surface area contributed by atoms with Crippen molar-refractivity contribution in [1.82, 2.24) is 9.96 Å². The van der Waals surface area contributed by atoms with Crippen LogP contribution in [0.4, 0.5) is 0 Å². The van der Waals surface area contributed by atoms with Gasteiger partial charge in [0.25, 0.3) is 0 Å². The molecule has 1 rings (SSSR count). The molecule has 0 atom stereocenters. The SMILES string of the molecule is CCCON1CCN(CC)CC1. The molecule has 72 valence electrons. The topological polar surface area (TPSA) is 15.7 Å². The van der Waals surface area contributed by atoms with Crippen molar-refractivity contribution in [2.45, 2.75) is 20.3 Å². The first kappa shape index (κ1) is 9.96. The molecule has 0 radical (unpaired) electrons. The van der Waals surface area contributed by atoms with Crippen LogP contribution >= 0.6 is 0 Å². The Morgan fingerprint density at radius 3 is 2.25 bits per heavy atom. The predicted octanol–water partition coefficient (Wildman–Crippen LogP) is 0.966. The van der Waals surface area contributed by atoms with Crippen molar-refractivity contribution in [3.05, 3.63) is 0 Å². The minimum Gasteiger partial charge on any atom is -0.301 e. The number of rotatable bonds is 4. The van der Waals surface area contributed by atoms with Crippen LogP contribution in [0.1, 0.15) is 20.3 Å². The highest BCUT2D eigenvalue weighted by Crippen LogP contribution is 2.01. The van der Waals surface area contributed by atoms with E-state index in [4.69, 9.17) is 4.84 Å². The third-order valence-electron chi connectivity index (χ3n) is 2.26. The molecule has 3 heteroatoms. The molecule has 0 saturated carbocycles. The van der Waals surface area contributed by atoms with Crippen LogP contribution in [0, 0.1) is 0 Å². The number of hydrogen-bond acceptors (Lipinski definition) is 3. The van der Waals surface area contributed by atoms with E-state index < -0.39 is 0 Å². The summed E-state index contributed by atoms with van der Waals surface area (Å²) in [5.41, 5.74) is 0. The van der Waals surface area contributed by atoms with Gasteiger partial charge in [-0.3, -0.25) is 4.84 Å². The molecular formula is C9H20N2O. The Morgan fingerprint density at radius 1 is 1.08 bits per heavy atom. The molecule has 0 amide bonds. The largest absolute Gasteiger partial charge is 0.301 e. The molecule has 1 saturated heterocycles. The van der Waals surface area contributed by atoms with Crippen LogP contribution in [0.3, 0.4) is 0 Å². The summed E-state index contributed by atoms with van der Waals surface area (Å²) in [6.45, 7) is 10.8. The summed E-state index contributed by atoms with van der Waals surface area (Å²) in [6.07, 6.45) is 1.11. The third kappa shape index (κ3) is 3.09. The minimum absolute atomic E-state index is 0.867. The molecule has 0 aromatic heterocycles. The summed E-state index contributed by atoms with van der Waals surface area (Å²) < 4.78 is 0. The van der Waals surface area contributed by atoms with Gasteiger partial charge in [-0.15, -0.1) is 0 Å². The lowest BCUT2D eigenvalue weighted by Crippen LogP contribution is -2.45. The quantitative estimate of drug-likeness (QED) is 0.628. The molecule has 0 aliphatic carbocycles. The van der Waals surface area contributed by atoms with E-state index in [9.17, 15) is 0 Å². The summed E-state index contributed by atoms with van der Waals surface area (Å²) in [5, 5.41) is 2.09. The second-order valence-electron chi connectivity index (χ2n) is 3.20. The van der Waals surface area contributed by atoms with Gasteiger partial charge in [-0.25, -0.2) is 0 Å². The van der Waals surface area contributed by atoms with Gasteiger partial charge >= 0.3 is 0 Å². The third-order valence-corrected chi connectivity index (χ3v) is 2.26. The van der Waals surface area contributed by atoms with Crippen molar-refractivity contribution in [2.75, 3.05) is 39.3 Å². The van der Waals surface area contributed by atoms with E-state index in [0.717, 1.165) is 39.2 Å². The van der Waals surface area contributed by atoms with E-state index >= 15 is 0 Å². The van der Waals surface area contributed by atoms with Crippen LogP contribution in [0.25, 0.3) is 0 Å². The molecule has 1 heterocycles. The average Bonchev–Trinajstić information content (AvgIpc) is 2.15. The minimum atomic E-state index is 0.867. The number of hydrogen-bond donors (Lipinski definition) is 0. The Hall–Kier alpha value is -0.120. The van der Waals surface area contributed by atoms with Crippen molar-refractivity contribution in [3.63, 3.8) is 0 Å². The Labute approximate surface area is 75.2 Å². The Morgan fingerprint density at radius 2 is 1.75 bits per heavy atom. The lowest BCUT2D eigenvalue weighted by Gasteiger charge is -2.32. The van der Waals surface area contributed by atoms with Crippen molar-refractivity contribution < 1.29 is 4.84 Å². The highest BCUT2D eigenvalue weighted by molar-refractivity contribution is 4.65. The molecule has 0 aromatic carbocycles. The standard InChI is InChI=1S/C9H20N2O/c1-3-9-12-11-7-5-10(4-2)6-8-11/h3-9H2,1-2H3. The van der Waals surface area contributed by atoms with Gasteiger partial charge in [0, 0.05) is 26.2 Å². The zero-order chi connectivity index (χ0) is 8.81. The lowest BCUT2D eigenvalue weighted by atomic mass is 10.3. The van der Waals surface area contributed by atoms with Crippen molar-refractivity contribution in [1.29, 1.82) is 0 Å². The van der Waals surface area contributed by atoms with Crippen LogP contribution in [-0.2, 0) is 4.84 Å². The summed E-state index contributed by atoms with van der Waals surface area (Å²) in [7, 11) is 0. The fraction of sp³-hybridized carbons (Fsp3) is 1.00. The first-order valence-electron chi connectivity index (χ1n) is 4.97. The van der Waals surface area contributed by atoms with Gasteiger partial charge in [-0.2, -0.15) is 5.06 Å². The van der Waals surface area contributed by atoms with Gasteiger partial charge in [0.1, 0.15) is 0 Å². The molecule has 0 spiro atoms. The van der Waals surface area contributed by atoms with Gasteiger partial charge in [0.15, 0.2) is 0 Å². The monoisotopic (exact) mass is 172 g/mol. The summed E-state index contributed by atoms with van der Waals surface area (Å²) >= 11 is 0. The molecule has 0 N–H and O–H groups in total. The molecule has 3 nitrogen and oxygen atoms in total. The maximum Gasteiger partial charge on any atom is 0.0682 e. The number of likely N-dealkylation sites (N-methyl/N-ethyl adjacent to an activating group) is 1. The fourth-order valence-electron chi connectivity index (χ4n) is 1.40. The smallest absolute Gasteiger partial charge is 0.0682 e. The molecule has 12 heavy (non-hydrogen) atoms. The molecular weight excluding hydrogens is 152 g/mol. The zero-order valence-corrected chi connectivity index (χ0v) is 8.25. The molecule has 1 aliphatic rings. The van der Waals surface area contributed by atoms with Gasteiger partial charge in [0.05, 0.1) is 6.61 Å². The molecule has 0 bridgehead atoms. The maximum absolute atomic E-state index is 5.53. The van der Waals surface area contributed by atoms with Gasteiger partial charge in [-0.1, -0.05) is 13.8 Å². The lowest BCUT2D eigenvalue weighted by molar-refractivity contribution is -0.176. The summed E-state index contributed by atoms with van der Waals surface area (Å²) in [5.74, 6) is 0. The zero-order valence-electron chi connectivity index (χ0n) is 8.25. The number of hydroxylamine groups is 2. The molecule has 1 aliphatic heterocycles. The van der Waals surface area contributed by atoms with Crippen LogP contribution < -0.4 is 0 Å². The van der Waals surface area contributed by atoms with Crippen molar-refractivity contribution in [2.24, 2.45) is 0 Å². The number of piperazine rings is 1. The predicted molar refractivity (Wildman–Crippen MR) is 49.9 cm³/mol. The van der Waals surface area contributed by atoms with E-state index in [0.29, 0.717) is 0 Å². The summed E-state index contributed by atoms with van der Waals surface area (Å²) in [6, 6.07) is 0. The van der Waals surface area contributed by atoms with Crippen LogP contribution in [-0.4, -0.2) is 49.3 Å². The molecule has 1 fully saturated rings. The highest BCUT2D eigenvalue weighted by atomic mass is 16.7.